The van der Waals surface area contributed by atoms with Gasteiger partial charge in [-0.2, -0.15) is 0 Å². The first-order chi connectivity index (χ1) is 13.3. The predicted octanol–water partition coefficient (Wildman–Crippen LogP) is 0.637. The van der Waals surface area contributed by atoms with Gasteiger partial charge in [-0.3, -0.25) is 25.2 Å². The monoisotopic (exact) mass is 405 g/mol. The molecule has 0 aliphatic carbocycles. The quantitative estimate of drug-likeness (QED) is 0.679. The summed E-state index contributed by atoms with van der Waals surface area (Å²) in [4.78, 5) is 36.9. The highest BCUT2D eigenvalue weighted by Crippen LogP contribution is 2.18. The fraction of sp³-hybridized carbons (Fsp3) is 0.278. The van der Waals surface area contributed by atoms with E-state index in [1.165, 1.54) is 29.2 Å². The Labute approximate surface area is 161 Å². The molecule has 0 atom stereocenters. The van der Waals surface area contributed by atoms with Crippen molar-refractivity contribution in [3.05, 3.63) is 54.0 Å². The molecule has 9 nitrogen and oxygen atoms in total. The Bertz CT molecular complexity index is 984. The number of hydrazine groups is 1. The SMILES string of the molecule is O=C(CN1CCCC1=O)NNC(=O)c1ccc(CS(=O)(=O)c2ccccc2)o1. The van der Waals surface area contributed by atoms with E-state index in [-0.39, 0.29) is 28.9 Å². The number of furan rings is 1. The smallest absolute Gasteiger partial charge is 0.305 e. The molecule has 2 aromatic rings. The van der Waals surface area contributed by atoms with Gasteiger partial charge < -0.3 is 9.32 Å². The molecule has 2 N–H and O–H groups in total. The zero-order valence-corrected chi connectivity index (χ0v) is 15.7. The van der Waals surface area contributed by atoms with Crippen LogP contribution in [-0.4, -0.2) is 44.1 Å². The number of amides is 3. The Hall–Kier alpha value is -3.14. The van der Waals surface area contributed by atoms with Crippen molar-refractivity contribution in [1.82, 2.24) is 15.8 Å². The Balaban J connectivity index is 1.54. The van der Waals surface area contributed by atoms with Gasteiger partial charge in [0.1, 0.15) is 18.1 Å². The van der Waals surface area contributed by atoms with E-state index in [1.807, 2.05) is 0 Å². The lowest BCUT2D eigenvalue weighted by Crippen LogP contribution is -2.46. The number of likely N-dealkylation sites (tertiary alicyclic amines) is 1. The Kier molecular flexibility index (Phi) is 5.78. The minimum atomic E-state index is -3.60. The molecular weight excluding hydrogens is 386 g/mol. The van der Waals surface area contributed by atoms with E-state index in [0.717, 1.165) is 0 Å². The lowest BCUT2D eigenvalue weighted by atomic mass is 10.4. The van der Waals surface area contributed by atoms with Crippen molar-refractivity contribution >= 4 is 27.6 Å². The van der Waals surface area contributed by atoms with Gasteiger partial charge in [-0.25, -0.2) is 8.42 Å². The first-order valence-electron chi connectivity index (χ1n) is 8.58. The lowest BCUT2D eigenvalue weighted by Gasteiger charge is -2.14. The molecule has 1 aliphatic heterocycles. The number of carbonyl (C=O) groups excluding carboxylic acids is 3. The highest BCUT2D eigenvalue weighted by molar-refractivity contribution is 7.90. The summed E-state index contributed by atoms with van der Waals surface area (Å²) in [5.41, 5.74) is 4.38. The average molecular weight is 405 g/mol. The lowest BCUT2D eigenvalue weighted by molar-refractivity contribution is -0.133. The molecule has 2 heterocycles. The van der Waals surface area contributed by atoms with Crippen molar-refractivity contribution in [3.63, 3.8) is 0 Å². The highest BCUT2D eigenvalue weighted by atomic mass is 32.2. The molecule has 0 unspecified atom stereocenters. The van der Waals surface area contributed by atoms with Crippen LogP contribution in [0.1, 0.15) is 29.2 Å². The second kappa shape index (κ2) is 8.26. The number of carbonyl (C=O) groups is 3. The standard InChI is InChI=1S/C18H19N3O6S/c22-16(11-21-10-4-7-17(21)23)19-20-18(24)15-9-8-13(27-15)12-28(25,26)14-5-2-1-3-6-14/h1-3,5-6,8-9H,4,7,10-12H2,(H,19,22)(H,20,24). The van der Waals surface area contributed by atoms with Crippen molar-refractivity contribution in [1.29, 1.82) is 0 Å². The van der Waals surface area contributed by atoms with Gasteiger partial charge in [0, 0.05) is 13.0 Å². The van der Waals surface area contributed by atoms with Gasteiger partial charge in [-0.05, 0) is 30.7 Å². The number of sulfone groups is 1. The third-order valence-electron chi connectivity index (χ3n) is 4.14. The number of benzene rings is 1. The summed E-state index contributed by atoms with van der Waals surface area (Å²) in [5, 5.41) is 0. The normalized spacial score (nSPS) is 14.1. The van der Waals surface area contributed by atoms with E-state index < -0.39 is 27.4 Å². The molecule has 0 radical (unpaired) electrons. The van der Waals surface area contributed by atoms with Crippen LogP contribution in [0.25, 0.3) is 0 Å². The van der Waals surface area contributed by atoms with Crippen molar-refractivity contribution in [2.24, 2.45) is 0 Å². The number of hydrogen-bond donors (Lipinski definition) is 2. The predicted molar refractivity (Wildman–Crippen MR) is 97.5 cm³/mol. The van der Waals surface area contributed by atoms with Gasteiger partial charge in [0.25, 0.3) is 5.91 Å². The van der Waals surface area contributed by atoms with Crippen LogP contribution in [0.4, 0.5) is 0 Å². The van der Waals surface area contributed by atoms with E-state index in [0.29, 0.717) is 19.4 Å². The van der Waals surface area contributed by atoms with Crippen LogP contribution in [-0.2, 0) is 25.2 Å². The van der Waals surface area contributed by atoms with Crippen molar-refractivity contribution in [2.75, 3.05) is 13.1 Å². The molecule has 1 aliphatic rings. The van der Waals surface area contributed by atoms with E-state index in [2.05, 4.69) is 10.9 Å². The average Bonchev–Trinajstić information content (AvgIpc) is 3.29. The van der Waals surface area contributed by atoms with Crippen LogP contribution in [0.15, 0.2) is 51.8 Å². The summed E-state index contributed by atoms with van der Waals surface area (Å²) in [6, 6.07) is 10.6. The maximum atomic E-state index is 12.3. The molecule has 1 saturated heterocycles. The topological polar surface area (TPSA) is 126 Å². The van der Waals surface area contributed by atoms with Crippen LogP contribution in [0.5, 0.6) is 0 Å². The van der Waals surface area contributed by atoms with Crippen molar-refractivity contribution < 1.29 is 27.2 Å². The zero-order valence-electron chi connectivity index (χ0n) is 14.9. The first kappa shape index (κ1) is 19.6. The van der Waals surface area contributed by atoms with Crippen LogP contribution in [0, 0.1) is 0 Å². The summed E-state index contributed by atoms with van der Waals surface area (Å²) in [6.07, 6.45) is 1.13. The Morgan fingerprint density at radius 2 is 1.82 bits per heavy atom. The maximum Gasteiger partial charge on any atom is 0.305 e. The highest BCUT2D eigenvalue weighted by Gasteiger charge is 2.23. The third kappa shape index (κ3) is 4.77. The molecule has 0 bridgehead atoms. The van der Waals surface area contributed by atoms with Gasteiger partial charge in [0.05, 0.1) is 4.90 Å². The van der Waals surface area contributed by atoms with Gasteiger partial charge in [-0.15, -0.1) is 0 Å². The van der Waals surface area contributed by atoms with E-state index in [4.69, 9.17) is 4.42 Å². The van der Waals surface area contributed by atoms with Crippen molar-refractivity contribution in [3.8, 4) is 0 Å². The van der Waals surface area contributed by atoms with Gasteiger partial charge in [-0.1, -0.05) is 18.2 Å². The molecule has 3 amide bonds. The minimum Gasteiger partial charge on any atom is -0.455 e. The summed E-state index contributed by atoms with van der Waals surface area (Å²) >= 11 is 0. The van der Waals surface area contributed by atoms with E-state index >= 15 is 0 Å². The van der Waals surface area contributed by atoms with Crippen LogP contribution in [0.3, 0.4) is 0 Å². The second-order valence-electron chi connectivity index (χ2n) is 6.26. The van der Waals surface area contributed by atoms with E-state index in [9.17, 15) is 22.8 Å². The molecule has 1 aromatic carbocycles. The molecule has 1 fully saturated rings. The fourth-order valence-electron chi connectivity index (χ4n) is 2.75. The molecule has 148 valence electrons. The van der Waals surface area contributed by atoms with Crippen LogP contribution >= 0.6 is 0 Å². The summed E-state index contributed by atoms with van der Waals surface area (Å²) < 4.78 is 30.0. The van der Waals surface area contributed by atoms with Crippen LogP contribution in [0.2, 0.25) is 0 Å². The van der Waals surface area contributed by atoms with Gasteiger partial charge >= 0.3 is 5.91 Å². The minimum absolute atomic E-state index is 0.1000. The van der Waals surface area contributed by atoms with E-state index in [1.54, 1.807) is 18.2 Å². The molecule has 28 heavy (non-hydrogen) atoms. The third-order valence-corrected chi connectivity index (χ3v) is 5.80. The number of nitrogens with one attached hydrogen (secondary N) is 2. The van der Waals surface area contributed by atoms with Gasteiger partial charge in [0.15, 0.2) is 15.6 Å². The fourth-order valence-corrected chi connectivity index (χ4v) is 4.02. The number of nitrogens with zero attached hydrogens (tertiary/aromatic N) is 1. The Morgan fingerprint density at radius 3 is 2.50 bits per heavy atom. The first-order valence-corrected chi connectivity index (χ1v) is 10.2. The largest absolute Gasteiger partial charge is 0.455 e. The summed E-state index contributed by atoms with van der Waals surface area (Å²) in [6.45, 7) is 0.371. The number of hydrogen-bond acceptors (Lipinski definition) is 6. The molecule has 10 heteroatoms. The van der Waals surface area contributed by atoms with Crippen molar-refractivity contribution in [2.45, 2.75) is 23.5 Å². The molecule has 1 aromatic heterocycles. The molecular formula is C18H19N3O6S. The van der Waals surface area contributed by atoms with Gasteiger partial charge in [0.2, 0.25) is 5.91 Å². The number of rotatable bonds is 6. The Morgan fingerprint density at radius 1 is 1.07 bits per heavy atom. The molecule has 0 spiro atoms. The second-order valence-corrected chi connectivity index (χ2v) is 8.25. The summed E-state index contributed by atoms with van der Waals surface area (Å²) in [5.74, 6) is -1.81. The zero-order chi connectivity index (χ0) is 20.1. The molecule has 3 rings (SSSR count). The summed E-state index contributed by atoms with van der Waals surface area (Å²) in [7, 11) is -3.60. The molecule has 0 saturated carbocycles. The van der Waals surface area contributed by atoms with Crippen LogP contribution < -0.4 is 10.9 Å². The maximum absolute atomic E-state index is 12.3.